The molecule has 1 aromatic heterocycles. The third-order valence-corrected chi connectivity index (χ3v) is 11.1. The molecule has 10 N–H and O–H groups in total. The molecule has 62 heavy (non-hydrogen) atoms. The first-order chi connectivity index (χ1) is 29.9. The number of hydrogen-bond acceptors (Lipinski definition) is 11. The summed E-state index contributed by atoms with van der Waals surface area (Å²) in [4.78, 5) is 89.5. The molecule has 4 rings (SSSR count). The Balaban J connectivity index is 1.91. The van der Waals surface area contributed by atoms with Gasteiger partial charge in [-0.1, -0.05) is 43.6 Å². The van der Waals surface area contributed by atoms with E-state index in [0.29, 0.717) is 80.5 Å². The van der Waals surface area contributed by atoms with Crippen molar-refractivity contribution in [1.82, 2.24) is 47.2 Å². The van der Waals surface area contributed by atoms with Crippen LogP contribution in [0.5, 0.6) is 5.75 Å². The van der Waals surface area contributed by atoms with Crippen molar-refractivity contribution in [2.45, 2.75) is 134 Å². The Morgan fingerprint density at radius 3 is 2.23 bits per heavy atom. The monoisotopic (exact) mass is 900 g/mol. The van der Waals surface area contributed by atoms with Crippen molar-refractivity contribution in [2.75, 3.05) is 38.2 Å². The van der Waals surface area contributed by atoms with Crippen molar-refractivity contribution in [3.63, 3.8) is 0 Å². The molecule has 5 atom stereocenters. The number of hydrogen-bond donors (Lipinski definition) is 9. The Morgan fingerprint density at radius 2 is 1.56 bits per heavy atom. The average molecular weight is 901 g/mol. The maximum absolute atomic E-state index is 14.4. The van der Waals surface area contributed by atoms with Gasteiger partial charge in [0.25, 0.3) is 0 Å². The van der Waals surface area contributed by atoms with E-state index in [4.69, 9.17) is 22.7 Å². The SMILES string of the molecule is CSCC[C@@H]1NC(=O)[C@@H](NC(=O)[C@H](CCCCNC(C)=S)NC(=O)[C@H](CCCCN)NC(=O)[C@H](Cc2cnc[nH]2)NC(C)=O)Cc2ccc(cc2)OCCCCCCCNC1=O. The van der Waals surface area contributed by atoms with E-state index in [1.54, 1.807) is 24.9 Å². The Kier molecular flexibility index (Phi) is 24.6. The summed E-state index contributed by atoms with van der Waals surface area (Å²) in [6, 6.07) is 2.18. The quantitative estimate of drug-likeness (QED) is 0.0646. The van der Waals surface area contributed by atoms with Crippen LogP contribution in [0, 0.1) is 0 Å². The average Bonchev–Trinajstić information content (AvgIpc) is 3.76. The number of ether oxygens (including phenoxy) is 1. The fourth-order valence-corrected chi connectivity index (χ4v) is 7.46. The number of fused-ring (bicyclic) bond motifs is 16. The van der Waals surface area contributed by atoms with Gasteiger partial charge in [-0.3, -0.25) is 28.8 Å². The number of carbonyl (C=O) groups excluding carboxylic acids is 6. The number of aromatic amines is 1. The van der Waals surface area contributed by atoms with Gasteiger partial charge in [-0.15, -0.1) is 0 Å². The maximum atomic E-state index is 14.4. The van der Waals surface area contributed by atoms with Crippen LogP contribution in [0.4, 0.5) is 0 Å². The fraction of sp³-hybridized carbons (Fsp3) is 0.628. The Labute approximate surface area is 375 Å². The van der Waals surface area contributed by atoms with Crippen LogP contribution < -0.4 is 47.7 Å². The normalized spacial score (nSPS) is 17.9. The van der Waals surface area contributed by atoms with Gasteiger partial charge in [-0.05, 0) is 101 Å². The minimum atomic E-state index is -1.12. The molecule has 1 aromatic carbocycles. The van der Waals surface area contributed by atoms with Crippen LogP contribution in [0.1, 0.15) is 102 Å². The number of amides is 6. The van der Waals surface area contributed by atoms with Gasteiger partial charge in [-0.2, -0.15) is 11.8 Å². The Morgan fingerprint density at radius 1 is 0.887 bits per heavy atom. The van der Waals surface area contributed by atoms with Crippen molar-refractivity contribution in [1.29, 1.82) is 0 Å². The van der Waals surface area contributed by atoms with Crippen molar-refractivity contribution < 1.29 is 33.5 Å². The number of thioether (sulfide) groups is 1. The second kappa shape index (κ2) is 29.5. The molecule has 0 unspecified atom stereocenters. The minimum absolute atomic E-state index is 0.0892. The Hall–Kier alpha value is -4.75. The molecule has 0 spiro atoms. The van der Waals surface area contributed by atoms with E-state index < -0.39 is 59.7 Å². The van der Waals surface area contributed by atoms with Gasteiger partial charge in [0.1, 0.15) is 36.0 Å². The molecule has 2 aliphatic heterocycles. The first-order valence-electron chi connectivity index (χ1n) is 21.8. The highest BCUT2D eigenvalue weighted by Crippen LogP contribution is 2.16. The van der Waals surface area contributed by atoms with Gasteiger partial charge in [0.15, 0.2) is 0 Å². The number of H-pyrrole nitrogens is 1. The predicted octanol–water partition coefficient (Wildman–Crippen LogP) is 2.09. The second-order valence-corrected chi connectivity index (χ2v) is 17.2. The first kappa shape index (κ1) is 51.6. The lowest BCUT2D eigenvalue weighted by Gasteiger charge is -2.27. The summed E-state index contributed by atoms with van der Waals surface area (Å²) in [5.41, 5.74) is 7.12. The summed E-state index contributed by atoms with van der Waals surface area (Å²) in [6.07, 6.45) is 12.8. The summed E-state index contributed by atoms with van der Waals surface area (Å²) in [7, 11) is 0. The summed E-state index contributed by atoms with van der Waals surface area (Å²) < 4.78 is 5.95. The number of benzene rings is 1. The van der Waals surface area contributed by atoms with Crippen LogP contribution in [0.3, 0.4) is 0 Å². The molecule has 6 amide bonds. The zero-order chi connectivity index (χ0) is 45.1. The summed E-state index contributed by atoms with van der Waals surface area (Å²) in [5, 5.41) is 20.2. The molecule has 0 saturated heterocycles. The molecule has 0 fully saturated rings. The molecular weight excluding hydrogens is 833 g/mol. The highest BCUT2D eigenvalue weighted by atomic mass is 32.2. The number of rotatable bonds is 21. The van der Waals surface area contributed by atoms with E-state index in [0.717, 1.165) is 37.7 Å². The standard InChI is InChI=1S/C43H68N10O7S2/c1-29(54)49-38(26-32-27-45-28-48-32)43(59)51-34(13-7-9-20-44)40(56)50-35(14-8-11-21-46-30(2)61)41(57)53-37-25-31-15-17-33(18-16-31)60-23-12-6-4-5-10-22-47-39(55)36(19-24-62-3)52-42(37)58/h15-18,27-28,34-38H,4-14,19-26,44H2,1-3H3,(H,45,48)(H,46,61)(H,47,55)(H,49,54)(H,50,56)(H,51,59)(H,52,58)(H,53,57)/t34-,35-,36-,37-,38-/m0/s1. The molecular formula is C43H68N10O7S2. The van der Waals surface area contributed by atoms with Crippen LogP contribution in [-0.2, 0) is 41.6 Å². The van der Waals surface area contributed by atoms with Gasteiger partial charge in [0, 0.05) is 44.7 Å². The summed E-state index contributed by atoms with van der Waals surface area (Å²) in [6.45, 7) is 5.05. The molecule has 2 bridgehead atoms. The van der Waals surface area contributed by atoms with Crippen LogP contribution >= 0.6 is 24.0 Å². The summed E-state index contributed by atoms with van der Waals surface area (Å²) >= 11 is 6.71. The van der Waals surface area contributed by atoms with Gasteiger partial charge in [0.2, 0.25) is 35.4 Å². The summed E-state index contributed by atoms with van der Waals surface area (Å²) in [5.74, 6) is -1.75. The molecule has 17 nitrogen and oxygen atoms in total. The van der Waals surface area contributed by atoms with Crippen molar-refractivity contribution in [3.05, 3.63) is 48.0 Å². The van der Waals surface area contributed by atoms with Crippen LogP contribution in [0.15, 0.2) is 36.8 Å². The number of nitrogens with one attached hydrogen (secondary N) is 8. The van der Waals surface area contributed by atoms with Crippen LogP contribution in [0.2, 0.25) is 0 Å². The molecule has 0 saturated carbocycles. The molecule has 0 aliphatic carbocycles. The lowest BCUT2D eigenvalue weighted by atomic mass is 10.0. The molecule has 0 radical (unpaired) electrons. The lowest BCUT2D eigenvalue weighted by molar-refractivity contribution is -0.135. The predicted molar refractivity (Wildman–Crippen MR) is 245 cm³/mol. The van der Waals surface area contributed by atoms with Crippen molar-refractivity contribution in [2.24, 2.45) is 5.73 Å². The first-order valence-corrected chi connectivity index (χ1v) is 23.6. The third-order valence-electron chi connectivity index (χ3n) is 10.3. The molecule has 3 heterocycles. The molecule has 2 aliphatic rings. The molecule has 344 valence electrons. The minimum Gasteiger partial charge on any atom is -0.494 e. The lowest BCUT2D eigenvalue weighted by Crippen LogP contribution is -2.59. The van der Waals surface area contributed by atoms with Gasteiger partial charge in [-0.25, -0.2) is 4.98 Å². The topological polar surface area (TPSA) is 251 Å². The van der Waals surface area contributed by atoms with E-state index in [-0.39, 0.29) is 31.6 Å². The van der Waals surface area contributed by atoms with Crippen LogP contribution in [-0.4, -0.2) is 119 Å². The third kappa shape index (κ3) is 20.4. The van der Waals surface area contributed by atoms with E-state index in [1.165, 1.54) is 13.3 Å². The number of aromatic nitrogens is 2. The number of unbranched alkanes of at least 4 members (excludes halogenated alkanes) is 2. The van der Waals surface area contributed by atoms with E-state index in [9.17, 15) is 28.8 Å². The molecule has 2 aromatic rings. The number of nitrogens with zero attached hydrogens (tertiary/aromatic N) is 1. The zero-order valence-electron chi connectivity index (χ0n) is 36.5. The van der Waals surface area contributed by atoms with E-state index in [1.807, 2.05) is 30.5 Å². The van der Waals surface area contributed by atoms with E-state index in [2.05, 4.69) is 47.2 Å². The van der Waals surface area contributed by atoms with Gasteiger partial charge < -0.3 is 52.7 Å². The van der Waals surface area contributed by atoms with Crippen molar-refractivity contribution >= 4 is 64.4 Å². The van der Waals surface area contributed by atoms with Crippen LogP contribution in [0.25, 0.3) is 0 Å². The largest absolute Gasteiger partial charge is 0.494 e. The molecule has 19 heteroatoms. The highest BCUT2D eigenvalue weighted by Gasteiger charge is 2.32. The fourth-order valence-electron chi connectivity index (χ4n) is 6.88. The number of nitrogens with two attached hydrogens (primary N) is 1. The van der Waals surface area contributed by atoms with Gasteiger partial charge >= 0.3 is 0 Å². The highest BCUT2D eigenvalue weighted by molar-refractivity contribution is 7.98. The van der Waals surface area contributed by atoms with Crippen molar-refractivity contribution in [3.8, 4) is 5.75 Å². The van der Waals surface area contributed by atoms with Gasteiger partial charge in [0.05, 0.1) is 17.9 Å². The zero-order valence-corrected chi connectivity index (χ0v) is 38.1. The smallest absolute Gasteiger partial charge is 0.243 e. The second-order valence-electron chi connectivity index (χ2n) is 15.6. The van der Waals surface area contributed by atoms with E-state index >= 15 is 0 Å². The number of carbonyl (C=O) groups is 6. The Bertz CT molecular complexity index is 1700. The number of imidazole rings is 1. The number of thiocarbonyl (C=S) groups is 1. The maximum Gasteiger partial charge on any atom is 0.243 e.